The molecular weight excluding hydrogens is 318 g/mol. The first-order valence-corrected chi connectivity index (χ1v) is 7.78. The molecule has 0 saturated carbocycles. The number of para-hydroxylation sites is 1. The molecule has 0 spiro atoms. The van der Waals surface area contributed by atoms with Crippen LogP contribution in [0.3, 0.4) is 0 Å². The second kappa shape index (κ2) is 7.13. The number of hydrogen-bond donors (Lipinski definition) is 0. The van der Waals surface area contributed by atoms with E-state index in [2.05, 4.69) is 4.98 Å². The second-order valence-electron chi connectivity index (χ2n) is 5.55. The number of carbonyl (C=O) groups is 2. The van der Waals surface area contributed by atoms with Gasteiger partial charge in [-0.3, -0.25) is 4.79 Å². The molecule has 126 valence electrons. The number of pyridine rings is 1. The van der Waals surface area contributed by atoms with Crippen molar-refractivity contribution in [1.82, 2.24) is 4.98 Å². The smallest absolute Gasteiger partial charge is 0.340 e. The van der Waals surface area contributed by atoms with Crippen molar-refractivity contribution in [3.05, 3.63) is 70.9 Å². The molecule has 3 aromatic rings. The van der Waals surface area contributed by atoms with Gasteiger partial charge in [0.15, 0.2) is 0 Å². The summed E-state index contributed by atoms with van der Waals surface area (Å²) in [6.45, 7) is 1.96. The van der Waals surface area contributed by atoms with Crippen molar-refractivity contribution in [2.75, 3.05) is 7.11 Å². The van der Waals surface area contributed by atoms with E-state index in [4.69, 9.17) is 9.47 Å². The summed E-state index contributed by atoms with van der Waals surface area (Å²) in [5, 5.41) is 0.898. The number of ether oxygens (including phenoxy) is 2. The van der Waals surface area contributed by atoms with Crippen LogP contribution in [0.1, 0.15) is 32.0 Å². The molecule has 0 amide bonds. The van der Waals surface area contributed by atoms with Crippen LogP contribution in [-0.4, -0.2) is 24.3 Å². The van der Waals surface area contributed by atoms with E-state index in [-0.39, 0.29) is 6.61 Å². The lowest BCUT2D eigenvalue weighted by Crippen LogP contribution is -2.13. The SMILES string of the molecule is COC(=O)c1c(COc2cccc(C=O)c2)nc2ccccc2c1C. The monoisotopic (exact) mass is 335 g/mol. The van der Waals surface area contributed by atoms with Gasteiger partial charge in [-0.1, -0.05) is 30.3 Å². The molecule has 0 radical (unpaired) electrons. The Labute approximate surface area is 145 Å². The number of benzene rings is 2. The first kappa shape index (κ1) is 16.6. The molecule has 0 aliphatic heterocycles. The van der Waals surface area contributed by atoms with Crippen LogP contribution in [0, 0.1) is 6.92 Å². The minimum atomic E-state index is -0.448. The topological polar surface area (TPSA) is 65.5 Å². The molecule has 0 aliphatic rings. The fourth-order valence-corrected chi connectivity index (χ4v) is 2.75. The normalized spacial score (nSPS) is 10.5. The van der Waals surface area contributed by atoms with Crippen molar-refractivity contribution in [2.24, 2.45) is 0 Å². The van der Waals surface area contributed by atoms with Crippen LogP contribution in [0.15, 0.2) is 48.5 Å². The van der Waals surface area contributed by atoms with E-state index in [0.717, 1.165) is 22.8 Å². The third kappa shape index (κ3) is 3.35. The summed E-state index contributed by atoms with van der Waals surface area (Å²) >= 11 is 0. The Morgan fingerprint density at radius 3 is 2.72 bits per heavy atom. The lowest BCUT2D eigenvalue weighted by Gasteiger charge is -2.14. The number of rotatable bonds is 5. The molecule has 0 fully saturated rings. The molecule has 25 heavy (non-hydrogen) atoms. The average molecular weight is 335 g/mol. The lowest BCUT2D eigenvalue weighted by atomic mass is 10.0. The zero-order valence-electron chi connectivity index (χ0n) is 14.0. The number of methoxy groups -OCH3 is 1. The van der Waals surface area contributed by atoms with Gasteiger partial charge < -0.3 is 9.47 Å². The van der Waals surface area contributed by atoms with Crippen LogP contribution >= 0.6 is 0 Å². The summed E-state index contributed by atoms with van der Waals surface area (Å²) < 4.78 is 10.7. The number of aryl methyl sites for hydroxylation is 1. The Kier molecular flexibility index (Phi) is 4.75. The molecule has 2 aromatic carbocycles. The number of esters is 1. The average Bonchev–Trinajstić information content (AvgIpc) is 2.66. The second-order valence-corrected chi connectivity index (χ2v) is 5.55. The molecule has 5 nitrogen and oxygen atoms in total. The molecular formula is C20H17NO4. The van der Waals surface area contributed by atoms with Crippen molar-refractivity contribution < 1.29 is 19.1 Å². The van der Waals surface area contributed by atoms with Crippen LogP contribution < -0.4 is 4.74 Å². The van der Waals surface area contributed by atoms with Gasteiger partial charge in [-0.15, -0.1) is 0 Å². The van der Waals surface area contributed by atoms with Crippen molar-refractivity contribution in [3.63, 3.8) is 0 Å². The first-order chi connectivity index (χ1) is 12.1. The van der Waals surface area contributed by atoms with E-state index < -0.39 is 5.97 Å². The molecule has 3 rings (SSSR count). The summed E-state index contributed by atoms with van der Waals surface area (Å²) in [5.74, 6) is 0.0871. The Hall–Kier alpha value is -3.21. The number of fused-ring (bicyclic) bond motifs is 1. The number of carbonyl (C=O) groups excluding carboxylic acids is 2. The van der Waals surface area contributed by atoms with Crippen LogP contribution in [-0.2, 0) is 11.3 Å². The molecule has 1 heterocycles. The number of aldehydes is 1. The summed E-state index contributed by atoms with van der Waals surface area (Å²) in [6, 6.07) is 14.4. The quantitative estimate of drug-likeness (QED) is 0.525. The highest BCUT2D eigenvalue weighted by Crippen LogP contribution is 2.25. The van der Waals surface area contributed by atoms with Gasteiger partial charge in [0, 0.05) is 10.9 Å². The van der Waals surface area contributed by atoms with E-state index in [1.807, 2.05) is 31.2 Å². The van der Waals surface area contributed by atoms with E-state index >= 15 is 0 Å². The van der Waals surface area contributed by atoms with Crippen LogP contribution in [0.5, 0.6) is 5.75 Å². The van der Waals surface area contributed by atoms with Gasteiger partial charge in [-0.2, -0.15) is 0 Å². The van der Waals surface area contributed by atoms with Gasteiger partial charge in [0.25, 0.3) is 0 Å². The Morgan fingerprint density at radius 2 is 1.96 bits per heavy atom. The van der Waals surface area contributed by atoms with E-state index in [9.17, 15) is 9.59 Å². The number of aromatic nitrogens is 1. The minimum absolute atomic E-state index is 0.0957. The van der Waals surface area contributed by atoms with Crippen molar-refractivity contribution >= 4 is 23.2 Å². The summed E-state index contributed by atoms with van der Waals surface area (Å²) in [5.41, 5.74) is 3.02. The van der Waals surface area contributed by atoms with Crippen molar-refractivity contribution in [1.29, 1.82) is 0 Å². The van der Waals surface area contributed by atoms with Gasteiger partial charge in [0.05, 0.1) is 23.9 Å². The van der Waals surface area contributed by atoms with Gasteiger partial charge in [-0.25, -0.2) is 9.78 Å². The maximum Gasteiger partial charge on any atom is 0.340 e. The number of hydrogen-bond acceptors (Lipinski definition) is 5. The van der Waals surface area contributed by atoms with E-state index in [1.165, 1.54) is 7.11 Å². The lowest BCUT2D eigenvalue weighted by molar-refractivity contribution is 0.0596. The van der Waals surface area contributed by atoms with Gasteiger partial charge >= 0.3 is 5.97 Å². The summed E-state index contributed by atoms with van der Waals surface area (Å²) in [7, 11) is 1.34. The van der Waals surface area contributed by atoms with Crippen LogP contribution in [0.25, 0.3) is 10.9 Å². The predicted molar refractivity (Wildman–Crippen MR) is 94.0 cm³/mol. The molecule has 5 heteroatoms. The molecule has 0 N–H and O–H groups in total. The molecule has 0 atom stereocenters. The van der Waals surface area contributed by atoms with E-state index in [0.29, 0.717) is 22.6 Å². The fraction of sp³-hybridized carbons (Fsp3) is 0.150. The van der Waals surface area contributed by atoms with Crippen molar-refractivity contribution in [3.8, 4) is 5.75 Å². The third-order valence-corrected chi connectivity index (χ3v) is 3.99. The van der Waals surface area contributed by atoms with E-state index in [1.54, 1.807) is 24.3 Å². The fourth-order valence-electron chi connectivity index (χ4n) is 2.75. The summed E-state index contributed by atoms with van der Waals surface area (Å²) in [6.07, 6.45) is 0.755. The molecule has 1 aromatic heterocycles. The highest BCUT2D eigenvalue weighted by atomic mass is 16.5. The minimum Gasteiger partial charge on any atom is -0.487 e. The molecule has 0 saturated heterocycles. The maximum atomic E-state index is 12.2. The standard InChI is InChI=1S/C20H17NO4/c1-13-16-8-3-4-9-17(16)21-18(19(13)20(23)24-2)12-25-15-7-5-6-14(10-15)11-22/h3-11H,12H2,1-2H3. The van der Waals surface area contributed by atoms with Gasteiger partial charge in [0.2, 0.25) is 0 Å². The zero-order chi connectivity index (χ0) is 17.8. The number of nitrogens with zero attached hydrogens (tertiary/aromatic N) is 1. The first-order valence-electron chi connectivity index (χ1n) is 7.78. The highest BCUT2D eigenvalue weighted by Gasteiger charge is 2.19. The Morgan fingerprint density at radius 1 is 1.16 bits per heavy atom. The molecule has 0 unspecified atom stereocenters. The molecule has 0 aliphatic carbocycles. The largest absolute Gasteiger partial charge is 0.487 e. The van der Waals surface area contributed by atoms with Gasteiger partial charge in [-0.05, 0) is 30.7 Å². The maximum absolute atomic E-state index is 12.2. The Bertz CT molecular complexity index is 950. The highest BCUT2D eigenvalue weighted by molar-refractivity contribution is 5.98. The Balaban J connectivity index is 2.01. The predicted octanol–water partition coefficient (Wildman–Crippen LogP) is 3.72. The van der Waals surface area contributed by atoms with Crippen LogP contribution in [0.2, 0.25) is 0 Å². The van der Waals surface area contributed by atoms with Crippen molar-refractivity contribution in [2.45, 2.75) is 13.5 Å². The van der Waals surface area contributed by atoms with Gasteiger partial charge in [0.1, 0.15) is 18.6 Å². The zero-order valence-corrected chi connectivity index (χ0v) is 14.0. The van der Waals surface area contributed by atoms with Crippen LogP contribution in [0.4, 0.5) is 0 Å². The third-order valence-electron chi connectivity index (χ3n) is 3.99. The molecule has 0 bridgehead atoms. The summed E-state index contributed by atoms with van der Waals surface area (Å²) in [4.78, 5) is 27.7.